The van der Waals surface area contributed by atoms with Crippen LogP contribution in [0.4, 0.5) is 5.69 Å². The lowest BCUT2D eigenvalue weighted by Gasteiger charge is -2.19. The number of carbonyl (C=O) groups excluding carboxylic acids is 1. The van der Waals surface area contributed by atoms with Gasteiger partial charge in [0, 0.05) is 5.56 Å². The molecule has 1 aliphatic rings. The zero-order chi connectivity index (χ0) is 23.4. The first-order chi connectivity index (χ1) is 15.9. The first kappa shape index (κ1) is 22.5. The molecule has 0 aliphatic heterocycles. The molecule has 0 radical (unpaired) electrons. The fourth-order valence-electron chi connectivity index (χ4n) is 3.50. The number of aliphatic imine (C=N–C) groups is 1. The molecule has 3 aromatic rings. The van der Waals surface area contributed by atoms with E-state index in [4.69, 9.17) is 4.74 Å². The van der Waals surface area contributed by atoms with Crippen LogP contribution in [-0.2, 0) is 9.84 Å². The van der Waals surface area contributed by atoms with E-state index >= 15 is 0 Å². The Morgan fingerprint density at radius 3 is 2.36 bits per heavy atom. The molecule has 0 amide bonds. The van der Waals surface area contributed by atoms with Crippen LogP contribution in [0.25, 0.3) is 0 Å². The minimum absolute atomic E-state index is 0.0149. The Morgan fingerprint density at radius 1 is 0.939 bits per heavy atom. The number of Topliss-reactive ketones (excluding diaryl/α,β-unsaturated/α-hetero) is 1. The van der Waals surface area contributed by atoms with Gasteiger partial charge in [0.1, 0.15) is 16.4 Å². The van der Waals surface area contributed by atoms with Crippen LogP contribution in [0.5, 0.6) is 11.5 Å². The maximum absolute atomic E-state index is 13.2. The molecule has 0 atom stereocenters. The second-order valence-corrected chi connectivity index (χ2v) is 9.46. The van der Waals surface area contributed by atoms with Crippen LogP contribution in [0.15, 0.2) is 93.7 Å². The Morgan fingerprint density at radius 2 is 1.67 bits per heavy atom. The molecule has 6 nitrogen and oxygen atoms in total. The Kier molecular flexibility index (Phi) is 6.42. The summed E-state index contributed by atoms with van der Waals surface area (Å²) in [6.45, 7) is 2.71. The standard InChI is InChI=1S/C26H23NO5S/c1-2-3-16-32-19-14-12-18(13-15-19)27-22-17-24(33(30,31)20-8-5-4-6-9-20)26(29)21-10-7-11-23(28)25(21)22/h4-15,17,28H,2-3,16H2,1H3. The average Bonchev–Trinajstić information content (AvgIpc) is 2.82. The zero-order valence-corrected chi connectivity index (χ0v) is 18.9. The van der Waals surface area contributed by atoms with Gasteiger partial charge < -0.3 is 9.84 Å². The van der Waals surface area contributed by atoms with E-state index in [0.29, 0.717) is 18.0 Å². The summed E-state index contributed by atoms with van der Waals surface area (Å²) >= 11 is 0. The first-order valence-corrected chi connectivity index (χ1v) is 12.1. The van der Waals surface area contributed by atoms with Crippen molar-refractivity contribution in [1.82, 2.24) is 0 Å². The third-order valence-electron chi connectivity index (χ3n) is 5.23. The van der Waals surface area contributed by atoms with Gasteiger partial charge >= 0.3 is 0 Å². The highest BCUT2D eigenvalue weighted by molar-refractivity contribution is 7.96. The number of nitrogens with zero attached hydrogens (tertiary/aromatic N) is 1. The molecule has 33 heavy (non-hydrogen) atoms. The number of hydrogen-bond acceptors (Lipinski definition) is 6. The van der Waals surface area contributed by atoms with Crippen molar-refractivity contribution in [3.63, 3.8) is 0 Å². The topological polar surface area (TPSA) is 93.0 Å². The number of allylic oxidation sites excluding steroid dienone is 2. The number of phenols is 1. The molecule has 1 N–H and O–H groups in total. The van der Waals surface area contributed by atoms with Gasteiger partial charge in [0.15, 0.2) is 0 Å². The number of sulfone groups is 1. The van der Waals surface area contributed by atoms with Gasteiger partial charge in [0.2, 0.25) is 15.6 Å². The van der Waals surface area contributed by atoms with Crippen LogP contribution in [0.2, 0.25) is 0 Å². The van der Waals surface area contributed by atoms with Crippen molar-refractivity contribution in [2.45, 2.75) is 24.7 Å². The summed E-state index contributed by atoms with van der Waals surface area (Å²) in [6.07, 6.45) is 3.23. The summed E-state index contributed by atoms with van der Waals surface area (Å²) in [5, 5.41) is 10.5. The molecule has 4 rings (SSSR count). The highest BCUT2D eigenvalue weighted by Crippen LogP contribution is 2.34. The molecule has 0 bridgehead atoms. The summed E-state index contributed by atoms with van der Waals surface area (Å²) in [6, 6.07) is 19.2. The fraction of sp³-hybridized carbons (Fsp3) is 0.154. The quantitative estimate of drug-likeness (QED) is 0.485. The second-order valence-electron chi connectivity index (χ2n) is 7.55. The molecule has 0 saturated carbocycles. The molecule has 1 aliphatic carbocycles. The van der Waals surface area contributed by atoms with Crippen LogP contribution in [0.3, 0.4) is 0 Å². The summed E-state index contributed by atoms with van der Waals surface area (Å²) < 4.78 is 32.1. The van der Waals surface area contributed by atoms with Gasteiger partial charge in [-0.15, -0.1) is 0 Å². The number of aromatic hydroxyl groups is 1. The Labute approximate surface area is 192 Å². The monoisotopic (exact) mass is 461 g/mol. The largest absolute Gasteiger partial charge is 0.507 e. The Bertz CT molecular complexity index is 1340. The third-order valence-corrected chi connectivity index (χ3v) is 7.01. The van der Waals surface area contributed by atoms with E-state index in [1.807, 2.05) is 0 Å². The minimum atomic E-state index is -4.08. The van der Waals surface area contributed by atoms with Gasteiger partial charge in [-0.25, -0.2) is 13.4 Å². The molecule has 3 aromatic carbocycles. The van der Waals surface area contributed by atoms with Crippen molar-refractivity contribution in [2.24, 2.45) is 4.99 Å². The van der Waals surface area contributed by atoms with Gasteiger partial charge in [-0.05, 0) is 55.0 Å². The van der Waals surface area contributed by atoms with Gasteiger partial charge in [-0.1, -0.05) is 43.7 Å². The minimum Gasteiger partial charge on any atom is -0.507 e. The highest BCUT2D eigenvalue weighted by Gasteiger charge is 2.34. The summed E-state index contributed by atoms with van der Waals surface area (Å²) in [4.78, 5) is 17.3. The van der Waals surface area contributed by atoms with E-state index in [1.165, 1.54) is 36.4 Å². The van der Waals surface area contributed by atoms with Crippen LogP contribution in [0.1, 0.15) is 35.7 Å². The predicted molar refractivity (Wildman–Crippen MR) is 127 cm³/mol. The SMILES string of the molecule is CCCCOc1ccc(N=C2C=C(S(=O)(=O)c3ccccc3)C(=O)c3cccc(O)c32)cc1. The molecule has 7 heteroatoms. The zero-order valence-electron chi connectivity index (χ0n) is 18.1. The molecule has 0 unspecified atom stereocenters. The van der Waals surface area contributed by atoms with E-state index in [0.717, 1.165) is 12.8 Å². The van der Waals surface area contributed by atoms with Gasteiger partial charge in [0.25, 0.3) is 0 Å². The van der Waals surface area contributed by atoms with Crippen molar-refractivity contribution in [3.8, 4) is 11.5 Å². The van der Waals surface area contributed by atoms with E-state index in [1.54, 1.807) is 42.5 Å². The summed E-state index contributed by atoms with van der Waals surface area (Å²) in [5.41, 5.74) is 1.02. The smallest absolute Gasteiger partial charge is 0.210 e. The van der Waals surface area contributed by atoms with Crippen molar-refractivity contribution in [2.75, 3.05) is 6.61 Å². The van der Waals surface area contributed by atoms with Gasteiger partial charge in [0.05, 0.1) is 28.5 Å². The Hall–Kier alpha value is -3.71. The molecular formula is C26H23NO5S. The Balaban J connectivity index is 1.79. The van der Waals surface area contributed by atoms with E-state index in [-0.39, 0.29) is 32.4 Å². The van der Waals surface area contributed by atoms with Crippen molar-refractivity contribution in [1.29, 1.82) is 0 Å². The lowest BCUT2D eigenvalue weighted by molar-refractivity contribution is 0.104. The molecule has 0 fully saturated rings. The average molecular weight is 462 g/mol. The molecule has 0 saturated heterocycles. The summed E-state index contributed by atoms with van der Waals surface area (Å²) in [5.74, 6) is -0.118. The number of rotatable bonds is 7. The number of carbonyl (C=O) groups is 1. The molecule has 0 spiro atoms. The number of benzene rings is 3. The van der Waals surface area contributed by atoms with Crippen LogP contribution >= 0.6 is 0 Å². The molecule has 0 heterocycles. The number of fused-ring (bicyclic) bond motifs is 1. The van der Waals surface area contributed by atoms with Gasteiger partial charge in [-0.2, -0.15) is 0 Å². The normalized spacial score (nSPS) is 14.6. The maximum atomic E-state index is 13.2. The number of ketones is 1. The van der Waals surface area contributed by atoms with E-state index in [2.05, 4.69) is 11.9 Å². The lowest BCUT2D eigenvalue weighted by Crippen LogP contribution is -2.23. The fourth-order valence-corrected chi connectivity index (χ4v) is 4.89. The highest BCUT2D eigenvalue weighted by atomic mass is 32.2. The van der Waals surface area contributed by atoms with Gasteiger partial charge in [-0.3, -0.25) is 4.79 Å². The number of unbranched alkanes of at least 4 members (excludes halogenated alkanes) is 1. The molecular weight excluding hydrogens is 438 g/mol. The number of phenolic OH excluding ortho intramolecular Hbond substituents is 1. The second kappa shape index (κ2) is 9.42. The van der Waals surface area contributed by atoms with E-state index in [9.17, 15) is 18.3 Å². The van der Waals surface area contributed by atoms with Crippen LogP contribution < -0.4 is 4.74 Å². The van der Waals surface area contributed by atoms with Crippen LogP contribution in [-0.4, -0.2) is 31.6 Å². The first-order valence-electron chi connectivity index (χ1n) is 10.6. The molecule has 0 aromatic heterocycles. The molecule has 168 valence electrons. The number of ether oxygens (including phenoxy) is 1. The summed E-state index contributed by atoms with van der Waals surface area (Å²) in [7, 11) is -4.08. The predicted octanol–water partition coefficient (Wildman–Crippen LogP) is 5.25. The lowest BCUT2D eigenvalue weighted by atomic mass is 9.93. The van der Waals surface area contributed by atoms with Crippen molar-refractivity contribution in [3.05, 3.63) is 94.9 Å². The van der Waals surface area contributed by atoms with Crippen molar-refractivity contribution < 1.29 is 23.1 Å². The maximum Gasteiger partial charge on any atom is 0.210 e. The van der Waals surface area contributed by atoms with Crippen LogP contribution in [0, 0.1) is 0 Å². The van der Waals surface area contributed by atoms with E-state index < -0.39 is 15.6 Å². The number of hydrogen-bond donors (Lipinski definition) is 1. The van der Waals surface area contributed by atoms with Crippen molar-refractivity contribution >= 4 is 27.0 Å². The third kappa shape index (κ3) is 4.59.